The molecule has 0 aliphatic carbocycles. The fourth-order valence-electron chi connectivity index (χ4n) is 1.79. The molecule has 0 saturated heterocycles. The minimum atomic E-state index is -0.955. The summed E-state index contributed by atoms with van der Waals surface area (Å²) in [6, 6.07) is 13.5. The molecule has 2 aromatic carbocycles. The zero-order valence-corrected chi connectivity index (χ0v) is 17.2. The smallest absolute Gasteiger partial charge is 0.345 e. The predicted molar refractivity (Wildman–Crippen MR) is 107 cm³/mol. The Morgan fingerprint density at radius 1 is 1.10 bits per heavy atom. The maximum Gasteiger partial charge on any atom is 0.345 e. The Balaban J connectivity index is 2.23. The van der Waals surface area contributed by atoms with Gasteiger partial charge in [-0.05, 0) is 85.5 Å². The van der Waals surface area contributed by atoms with E-state index in [0.29, 0.717) is 12.2 Å². The summed E-state index contributed by atoms with van der Waals surface area (Å²) < 4.78 is 8.72. The van der Waals surface area contributed by atoms with Crippen molar-refractivity contribution < 1.29 is 14.6 Å². The third-order valence-corrected chi connectivity index (χ3v) is 4.99. The first-order valence-electron chi connectivity index (χ1n) is 6.05. The van der Waals surface area contributed by atoms with Gasteiger partial charge in [-0.15, -0.1) is 0 Å². The number of carbonyl (C=O) groups is 1. The standard InChI is InChI=1S/C15H11I3O3/c16-10-7-11(17)14(12(18)8-10)21-13(15(19)20)6-9-4-2-1-3-5-9/h1-5,7-8,13H,6H2,(H,19,20). The van der Waals surface area contributed by atoms with Crippen LogP contribution in [0.1, 0.15) is 5.56 Å². The number of aliphatic carboxylic acids is 1. The third kappa shape index (κ3) is 4.95. The van der Waals surface area contributed by atoms with E-state index in [1.54, 1.807) is 0 Å². The number of carboxylic acids is 1. The van der Waals surface area contributed by atoms with Gasteiger partial charge in [-0.2, -0.15) is 0 Å². The van der Waals surface area contributed by atoms with E-state index >= 15 is 0 Å². The maximum atomic E-state index is 11.5. The first kappa shape index (κ1) is 17.3. The second kappa shape index (κ2) is 7.95. The number of ether oxygens (including phenoxy) is 1. The van der Waals surface area contributed by atoms with Gasteiger partial charge in [-0.1, -0.05) is 30.3 Å². The number of hydrogen-bond acceptors (Lipinski definition) is 2. The van der Waals surface area contributed by atoms with E-state index in [-0.39, 0.29) is 0 Å². The molecule has 0 aliphatic heterocycles. The van der Waals surface area contributed by atoms with Gasteiger partial charge in [0.25, 0.3) is 0 Å². The van der Waals surface area contributed by atoms with Crippen LogP contribution in [0, 0.1) is 10.7 Å². The quantitative estimate of drug-likeness (QED) is 0.499. The SMILES string of the molecule is O=C(O)C(Cc1ccccc1)Oc1c(I)cc(I)cc1I. The van der Waals surface area contributed by atoms with Gasteiger partial charge in [0.15, 0.2) is 6.10 Å². The van der Waals surface area contributed by atoms with Crippen molar-refractivity contribution in [1.82, 2.24) is 0 Å². The Hall–Kier alpha value is -0.1000. The Labute approximate surface area is 163 Å². The normalized spacial score (nSPS) is 12.0. The lowest BCUT2D eigenvalue weighted by Crippen LogP contribution is -2.30. The Morgan fingerprint density at radius 2 is 1.67 bits per heavy atom. The van der Waals surface area contributed by atoms with Crippen molar-refractivity contribution in [3.05, 3.63) is 58.7 Å². The molecule has 0 saturated carbocycles. The molecule has 0 fully saturated rings. The van der Waals surface area contributed by atoms with E-state index in [2.05, 4.69) is 67.8 Å². The molecule has 2 aromatic rings. The summed E-state index contributed by atoms with van der Waals surface area (Å²) in [4.78, 5) is 11.5. The molecular formula is C15H11I3O3. The highest BCUT2D eigenvalue weighted by Gasteiger charge is 2.22. The predicted octanol–water partition coefficient (Wildman–Crippen LogP) is 4.58. The van der Waals surface area contributed by atoms with E-state index in [1.165, 1.54) is 0 Å². The number of rotatable bonds is 5. The summed E-state index contributed by atoms with van der Waals surface area (Å²) in [5.74, 6) is -0.316. The molecule has 1 atom stereocenters. The van der Waals surface area contributed by atoms with Crippen LogP contribution in [0.25, 0.3) is 0 Å². The molecule has 0 radical (unpaired) electrons. The fraction of sp³-hybridized carbons (Fsp3) is 0.133. The number of halogens is 3. The van der Waals surface area contributed by atoms with E-state index < -0.39 is 12.1 Å². The zero-order valence-electron chi connectivity index (χ0n) is 10.7. The molecule has 3 nitrogen and oxygen atoms in total. The van der Waals surface area contributed by atoms with Crippen molar-refractivity contribution in [2.45, 2.75) is 12.5 Å². The topological polar surface area (TPSA) is 46.5 Å². The number of hydrogen-bond donors (Lipinski definition) is 1. The first-order valence-corrected chi connectivity index (χ1v) is 9.29. The minimum absolute atomic E-state index is 0.342. The fourth-order valence-corrected chi connectivity index (χ4v) is 5.63. The van der Waals surface area contributed by atoms with E-state index in [1.807, 2.05) is 42.5 Å². The second-order valence-electron chi connectivity index (χ2n) is 4.33. The van der Waals surface area contributed by atoms with Crippen molar-refractivity contribution in [3.63, 3.8) is 0 Å². The molecule has 6 heteroatoms. The van der Waals surface area contributed by atoms with Crippen molar-refractivity contribution in [3.8, 4) is 5.75 Å². The van der Waals surface area contributed by atoms with Crippen LogP contribution in [0.5, 0.6) is 5.75 Å². The Bertz CT molecular complexity index is 621. The molecule has 0 aromatic heterocycles. The first-order chi connectivity index (χ1) is 9.97. The van der Waals surface area contributed by atoms with Crippen molar-refractivity contribution >= 4 is 73.7 Å². The summed E-state index contributed by atoms with van der Waals surface area (Å²) >= 11 is 6.58. The molecular weight excluding hydrogens is 609 g/mol. The van der Waals surface area contributed by atoms with Crippen LogP contribution in [0.3, 0.4) is 0 Å². The zero-order chi connectivity index (χ0) is 15.4. The van der Waals surface area contributed by atoms with Gasteiger partial charge in [0.2, 0.25) is 0 Å². The largest absolute Gasteiger partial charge is 0.478 e. The molecule has 0 spiro atoms. The van der Waals surface area contributed by atoms with Gasteiger partial charge in [-0.3, -0.25) is 0 Å². The third-order valence-electron chi connectivity index (χ3n) is 2.76. The molecule has 2 rings (SSSR count). The van der Waals surface area contributed by atoms with Crippen LogP contribution in [-0.2, 0) is 11.2 Å². The highest BCUT2D eigenvalue weighted by molar-refractivity contribution is 14.1. The van der Waals surface area contributed by atoms with Gasteiger partial charge in [-0.25, -0.2) is 4.79 Å². The van der Waals surface area contributed by atoms with E-state index in [0.717, 1.165) is 16.3 Å². The van der Waals surface area contributed by atoms with Crippen molar-refractivity contribution in [2.24, 2.45) is 0 Å². The Morgan fingerprint density at radius 3 is 2.19 bits per heavy atom. The lowest BCUT2D eigenvalue weighted by Gasteiger charge is -2.18. The molecule has 1 N–H and O–H groups in total. The summed E-state index contributed by atoms with van der Waals surface area (Å²) in [5, 5.41) is 9.40. The van der Waals surface area contributed by atoms with E-state index in [9.17, 15) is 9.90 Å². The lowest BCUT2D eigenvalue weighted by atomic mass is 10.1. The average Bonchev–Trinajstić information content (AvgIpc) is 2.42. The van der Waals surface area contributed by atoms with Crippen LogP contribution >= 0.6 is 67.8 Å². The molecule has 0 bridgehead atoms. The lowest BCUT2D eigenvalue weighted by molar-refractivity contribution is -0.145. The summed E-state index contributed by atoms with van der Waals surface area (Å²) in [6.45, 7) is 0. The molecule has 0 heterocycles. The molecule has 110 valence electrons. The van der Waals surface area contributed by atoms with Crippen LogP contribution in [0.15, 0.2) is 42.5 Å². The molecule has 0 amide bonds. The minimum Gasteiger partial charge on any atom is -0.478 e. The van der Waals surface area contributed by atoms with Crippen LogP contribution in [0.4, 0.5) is 0 Å². The van der Waals surface area contributed by atoms with Crippen LogP contribution < -0.4 is 4.74 Å². The monoisotopic (exact) mass is 620 g/mol. The van der Waals surface area contributed by atoms with Gasteiger partial charge < -0.3 is 9.84 Å². The van der Waals surface area contributed by atoms with Gasteiger partial charge in [0, 0.05) is 9.99 Å². The average molecular weight is 620 g/mol. The van der Waals surface area contributed by atoms with Gasteiger partial charge in [0.05, 0.1) is 7.14 Å². The van der Waals surface area contributed by atoms with Crippen LogP contribution in [0.2, 0.25) is 0 Å². The van der Waals surface area contributed by atoms with Crippen LogP contribution in [-0.4, -0.2) is 17.2 Å². The Kier molecular flexibility index (Phi) is 6.53. The van der Waals surface area contributed by atoms with Crippen molar-refractivity contribution in [1.29, 1.82) is 0 Å². The molecule has 1 unspecified atom stereocenters. The maximum absolute atomic E-state index is 11.5. The van der Waals surface area contributed by atoms with Gasteiger partial charge >= 0.3 is 5.97 Å². The summed E-state index contributed by atoms with van der Waals surface area (Å²) in [5.41, 5.74) is 0.945. The summed E-state index contributed by atoms with van der Waals surface area (Å²) in [6.07, 6.45) is -0.552. The molecule has 21 heavy (non-hydrogen) atoms. The number of carboxylic acid groups (broad SMARTS) is 1. The highest BCUT2D eigenvalue weighted by Crippen LogP contribution is 2.30. The van der Waals surface area contributed by atoms with Crippen molar-refractivity contribution in [2.75, 3.05) is 0 Å². The second-order valence-corrected chi connectivity index (χ2v) is 7.90. The van der Waals surface area contributed by atoms with Gasteiger partial charge in [0.1, 0.15) is 5.75 Å². The summed E-state index contributed by atoms with van der Waals surface area (Å²) in [7, 11) is 0. The number of benzene rings is 2. The van der Waals surface area contributed by atoms with E-state index in [4.69, 9.17) is 4.74 Å². The molecule has 0 aliphatic rings. The highest BCUT2D eigenvalue weighted by atomic mass is 127.